The highest BCUT2D eigenvalue weighted by Crippen LogP contribution is 2.37. The first-order chi connectivity index (χ1) is 13.4. The average Bonchev–Trinajstić information content (AvgIpc) is 2.99. The zero-order chi connectivity index (χ0) is 21.6. The zero-order valence-electron chi connectivity index (χ0n) is 15.9. The van der Waals surface area contributed by atoms with Crippen molar-refractivity contribution in [1.29, 1.82) is 0 Å². The molecule has 0 fully saturated rings. The number of aromatic amines is 1. The smallest absolute Gasteiger partial charge is 0.418 e. The maximum atomic E-state index is 13.2. The van der Waals surface area contributed by atoms with Crippen LogP contribution >= 0.6 is 23.2 Å². The molecule has 0 bridgehead atoms. The van der Waals surface area contributed by atoms with Crippen molar-refractivity contribution >= 4 is 40.1 Å². The number of hydrogen-bond donors (Lipinski definition) is 1. The third-order valence-electron chi connectivity index (χ3n) is 4.28. The number of aromatic nitrogens is 1. The molecule has 0 aliphatic heterocycles. The second kappa shape index (κ2) is 7.58. The van der Waals surface area contributed by atoms with Crippen molar-refractivity contribution in [2.24, 2.45) is 0 Å². The lowest BCUT2D eigenvalue weighted by molar-refractivity contribution is -0.136. The quantitative estimate of drug-likeness (QED) is 0.441. The number of hydrogen-bond acceptors (Lipinski definition) is 2. The minimum Gasteiger partial charge on any atom is -0.456 e. The number of carbonyl (C=O) groups is 1. The topological polar surface area (TPSA) is 42.1 Å². The number of ether oxygens (including phenoxy) is 1. The summed E-state index contributed by atoms with van der Waals surface area (Å²) >= 11 is 12.7. The number of carbonyl (C=O) groups excluding carboxylic acids is 1. The van der Waals surface area contributed by atoms with Crippen LogP contribution in [0.3, 0.4) is 0 Å². The molecular weight excluding hydrogens is 426 g/mol. The van der Waals surface area contributed by atoms with Gasteiger partial charge in [0.25, 0.3) is 0 Å². The van der Waals surface area contributed by atoms with Crippen LogP contribution in [0.2, 0.25) is 10.0 Å². The van der Waals surface area contributed by atoms with Crippen LogP contribution in [0.5, 0.6) is 0 Å². The van der Waals surface area contributed by atoms with Gasteiger partial charge in [-0.2, -0.15) is 13.2 Å². The minimum atomic E-state index is -4.48. The normalized spacial score (nSPS) is 12.4. The van der Waals surface area contributed by atoms with Crippen LogP contribution in [0.1, 0.15) is 47.8 Å². The first-order valence-corrected chi connectivity index (χ1v) is 9.50. The van der Waals surface area contributed by atoms with Crippen molar-refractivity contribution in [1.82, 2.24) is 4.98 Å². The summed E-state index contributed by atoms with van der Waals surface area (Å²) in [6.45, 7) is 5.21. The Labute approximate surface area is 175 Å². The number of fused-ring (bicyclic) bond motifs is 1. The van der Waals surface area contributed by atoms with E-state index in [9.17, 15) is 18.0 Å². The van der Waals surface area contributed by atoms with E-state index in [4.69, 9.17) is 27.9 Å². The van der Waals surface area contributed by atoms with E-state index >= 15 is 0 Å². The third-order valence-corrected chi connectivity index (χ3v) is 5.06. The van der Waals surface area contributed by atoms with Gasteiger partial charge in [0.2, 0.25) is 0 Å². The molecule has 1 N–H and O–H groups in total. The van der Waals surface area contributed by atoms with Gasteiger partial charge in [-0.15, -0.1) is 0 Å². The fourth-order valence-corrected chi connectivity index (χ4v) is 3.62. The van der Waals surface area contributed by atoms with E-state index in [2.05, 4.69) is 4.98 Å². The SMILES string of the molecule is CC(C)(C)OC(=O)c1ccc(Cl)c(Cc2c[nH]c3c(C(F)(F)F)cccc23)c1Cl. The number of rotatable bonds is 3. The number of alkyl halides is 3. The van der Waals surface area contributed by atoms with E-state index in [1.165, 1.54) is 24.4 Å². The molecule has 0 atom stereocenters. The molecular formula is C21H18Cl2F3NO2. The van der Waals surface area contributed by atoms with Gasteiger partial charge in [0.15, 0.2) is 0 Å². The summed E-state index contributed by atoms with van der Waals surface area (Å²) in [4.78, 5) is 15.1. The molecule has 1 aromatic heterocycles. The van der Waals surface area contributed by atoms with Gasteiger partial charge in [-0.05, 0) is 50.1 Å². The highest BCUT2D eigenvalue weighted by atomic mass is 35.5. The average molecular weight is 444 g/mol. The zero-order valence-corrected chi connectivity index (χ0v) is 17.4. The van der Waals surface area contributed by atoms with Gasteiger partial charge in [0, 0.05) is 23.0 Å². The second-order valence-corrected chi connectivity index (χ2v) is 8.39. The largest absolute Gasteiger partial charge is 0.456 e. The van der Waals surface area contributed by atoms with Crippen molar-refractivity contribution in [2.75, 3.05) is 0 Å². The number of H-pyrrole nitrogens is 1. The molecule has 3 rings (SSSR count). The Kier molecular flexibility index (Phi) is 5.62. The highest BCUT2D eigenvalue weighted by Gasteiger charge is 2.33. The number of para-hydroxylation sites is 1. The van der Waals surface area contributed by atoms with Crippen molar-refractivity contribution in [3.05, 3.63) is 68.8 Å². The van der Waals surface area contributed by atoms with Crippen LogP contribution in [-0.2, 0) is 17.3 Å². The number of nitrogens with one attached hydrogen (secondary N) is 1. The molecule has 0 saturated heterocycles. The minimum absolute atomic E-state index is 0.00876. The number of esters is 1. The highest BCUT2D eigenvalue weighted by molar-refractivity contribution is 6.38. The molecule has 0 amide bonds. The van der Waals surface area contributed by atoms with E-state index in [1.807, 2.05) is 0 Å². The van der Waals surface area contributed by atoms with Crippen molar-refractivity contribution < 1.29 is 22.7 Å². The fraction of sp³-hybridized carbons (Fsp3) is 0.286. The summed E-state index contributed by atoms with van der Waals surface area (Å²) in [7, 11) is 0. The van der Waals surface area contributed by atoms with E-state index in [1.54, 1.807) is 26.8 Å². The van der Waals surface area contributed by atoms with Crippen LogP contribution in [-0.4, -0.2) is 16.6 Å². The van der Waals surface area contributed by atoms with Crippen LogP contribution in [0.4, 0.5) is 13.2 Å². The van der Waals surface area contributed by atoms with Gasteiger partial charge < -0.3 is 9.72 Å². The molecule has 3 nitrogen and oxygen atoms in total. The summed E-state index contributed by atoms with van der Waals surface area (Å²) in [5, 5.41) is 0.839. The lowest BCUT2D eigenvalue weighted by Gasteiger charge is -2.20. The Bertz CT molecular complexity index is 1080. The van der Waals surface area contributed by atoms with E-state index in [0.29, 0.717) is 21.5 Å². The molecule has 8 heteroatoms. The van der Waals surface area contributed by atoms with Crippen molar-refractivity contribution in [3.63, 3.8) is 0 Å². The second-order valence-electron chi connectivity index (χ2n) is 7.61. The summed E-state index contributed by atoms with van der Waals surface area (Å²) < 4.78 is 45.1. The number of benzene rings is 2. The molecule has 0 spiro atoms. The van der Waals surface area contributed by atoms with Crippen LogP contribution in [0.25, 0.3) is 10.9 Å². The van der Waals surface area contributed by atoms with Gasteiger partial charge in [-0.25, -0.2) is 4.79 Å². The first kappa shape index (κ1) is 21.5. The summed E-state index contributed by atoms with van der Waals surface area (Å²) in [6, 6.07) is 6.96. The van der Waals surface area contributed by atoms with E-state index in [-0.39, 0.29) is 22.5 Å². The van der Waals surface area contributed by atoms with Crippen LogP contribution < -0.4 is 0 Å². The predicted molar refractivity (Wildman–Crippen MR) is 108 cm³/mol. The molecule has 0 radical (unpaired) electrons. The maximum absolute atomic E-state index is 13.2. The lowest BCUT2D eigenvalue weighted by atomic mass is 10.0. The first-order valence-electron chi connectivity index (χ1n) is 8.75. The van der Waals surface area contributed by atoms with Crippen molar-refractivity contribution in [2.45, 2.75) is 39.0 Å². The summed E-state index contributed by atoms with van der Waals surface area (Å²) in [5.41, 5.74) is -0.292. The Hall–Kier alpha value is -2.18. The van der Waals surface area contributed by atoms with Gasteiger partial charge >= 0.3 is 12.1 Å². The molecule has 29 heavy (non-hydrogen) atoms. The fourth-order valence-electron chi connectivity index (χ4n) is 3.04. The molecule has 0 aliphatic carbocycles. The summed E-state index contributed by atoms with van der Waals surface area (Å²) in [5.74, 6) is -0.598. The molecule has 0 saturated carbocycles. The number of halogens is 5. The molecule has 3 aromatic rings. The van der Waals surface area contributed by atoms with Crippen LogP contribution in [0.15, 0.2) is 36.5 Å². The van der Waals surface area contributed by atoms with Crippen molar-refractivity contribution in [3.8, 4) is 0 Å². The van der Waals surface area contributed by atoms with Crippen LogP contribution in [0, 0.1) is 0 Å². The summed E-state index contributed by atoms with van der Waals surface area (Å²) in [6.07, 6.45) is -2.84. The van der Waals surface area contributed by atoms with Gasteiger partial charge in [-0.1, -0.05) is 35.3 Å². The molecule has 1 heterocycles. The lowest BCUT2D eigenvalue weighted by Crippen LogP contribution is -2.24. The Morgan fingerprint density at radius 1 is 1.10 bits per heavy atom. The third kappa shape index (κ3) is 4.54. The molecule has 0 aliphatic rings. The monoisotopic (exact) mass is 443 g/mol. The Morgan fingerprint density at radius 2 is 1.79 bits per heavy atom. The molecule has 154 valence electrons. The molecule has 2 aromatic carbocycles. The maximum Gasteiger partial charge on any atom is 0.418 e. The Balaban J connectivity index is 2.03. The standard InChI is InChI=1S/C21H18Cl2F3NO2/c1-20(2,3)29-19(28)13-7-8-16(22)14(17(13)23)9-11-10-27-18-12(11)5-4-6-15(18)21(24,25)26/h4-8,10,27H,9H2,1-3H3. The van der Waals surface area contributed by atoms with Gasteiger partial charge in [0.05, 0.1) is 21.7 Å². The predicted octanol–water partition coefficient (Wildman–Crippen LogP) is 7.04. The van der Waals surface area contributed by atoms with Gasteiger partial charge in [0.1, 0.15) is 5.60 Å². The van der Waals surface area contributed by atoms with Gasteiger partial charge in [-0.3, -0.25) is 0 Å². The molecule has 0 unspecified atom stereocenters. The van der Waals surface area contributed by atoms with E-state index < -0.39 is 23.3 Å². The Morgan fingerprint density at radius 3 is 2.41 bits per heavy atom. The van der Waals surface area contributed by atoms with E-state index in [0.717, 1.165) is 6.07 Å².